The van der Waals surface area contributed by atoms with Crippen molar-refractivity contribution in [1.29, 1.82) is 0 Å². The van der Waals surface area contributed by atoms with Crippen LogP contribution in [0, 0.1) is 6.92 Å². The lowest BCUT2D eigenvalue weighted by Crippen LogP contribution is -2.11. The molecule has 4 heteroatoms. The van der Waals surface area contributed by atoms with Crippen molar-refractivity contribution in [3.05, 3.63) is 28.5 Å². The number of aromatic nitrogens is 1. The van der Waals surface area contributed by atoms with E-state index in [4.69, 9.17) is 17.3 Å². The fourth-order valence-electron chi connectivity index (χ4n) is 0.898. The third-order valence-electron chi connectivity index (χ3n) is 1.64. The maximum absolute atomic E-state index is 9.34. The number of pyridine rings is 1. The molecule has 0 saturated heterocycles. The Kier molecular flexibility index (Phi) is 3.03. The molecule has 1 aromatic heterocycles. The molecule has 0 fully saturated rings. The summed E-state index contributed by atoms with van der Waals surface area (Å²) in [5.74, 6) is 0. The van der Waals surface area contributed by atoms with Gasteiger partial charge in [0.25, 0.3) is 0 Å². The molecule has 0 radical (unpaired) electrons. The predicted octanol–water partition coefficient (Wildman–Crippen LogP) is 1.04. The van der Waals surface area contributed by atoms with E-state index in [1.807, 2.05) is 6.92 Å². The summed E-state index contributed by atoms with van der Waals surface area (Å²) in [6, 6.07) is 1.78. The van der Waals surface area contributed by atoms with E-state index in [0.717, 1.165) is 5.56 Å². The predicted molar refractivity (Wildman–Crippen MR) is 48.0 cm³/mol. The third kappa shape index (κ3) is 1.94. The fraction of sp³-hybridized carbons (Fsp3) is 0.375. The number of hydrogen-bond acceptors (Lipinski definition) is 3. The molecule has 0 spiro atoms. The van der Waals surface area contributed by atoms with Gasteiger partial charge in [-0.2, -0.15) is 0 Å². The number of halogens is 1. The third-order valence-corrected chi connectivity index (χ3v) is 2.04. The molecule has 0 aliphatic carbocycles. The van der Waals surface area contributed by atoms with Gasteiger partial charge in [-0.05, 0) is 18.6 Å². The Labute approximate surface area is 76.2 Å². The van der Waals surface area contributed by atoms with Crippen molar-refractivity contribution in [3.63, 3.8) is 0 Å². The van der Waals surface area contributed by atoms with E-state index in [9.17, 15) is 5.11 Å². The summed E-state index contributed by atoms with van der Waals surface area (Å²) >= 11 is 5.70. The Morgan fingerprint density at radius 2 is 2.42 bits per heavy atom. The Balaban J connectivity index is 2.96. The SMILES string of the molecule is Cc1cc([C@H](O)CN)cnc1Cl. The lowest BCUT2D eigenvalue weighted by atomic mass is 10.1. The molecule has 1 heterocycles. The molecule has 1 atom stereocenters. The van der Waals surface area contributed by atoms with Gasteiger partial charge in [-0.25, -0.2) is 4.98 Å². The van der Waals surface area contributed by atoms with Gasteiger partial charge in [0.1, 0.15) is 5.15 Å². The van der Waals surface area contributed by atoms with Gasteiger partial charge >= 0.3 is 0 Å². The minimum atomic E-state index is -0.645. The van der Waals surface area contributed by atoms with Crippen LogP contribution in [0.1, 0.15) is 17.2 Å². The topological polar surface area (TPSA) is 59.1 Å². The summed E-state index contributed by atoms with van der Waals surface area (Å²) < 4.78 is 0. The van der Waals surface area contributed by atoms with Gasteiger partial charge < -0.3 is 10.8 Å². The van der Waals surface area contributed by atoms with Crippen LogP contribution in [0.5, 0.6) is 0 Å². The van der Waals surface area contributed by atoms with Crippen LogP contribution in [-0.4, -0.2) is 16.6 Å². The summed E-state index contributed by atoms with van der Waals surface area (Å²) in [5, 5.41) is 9.80. The Morgan fingerprint density at radius 3 is 2.92 bits per heavy atom. The molecule has 0 amide bonds. The quantitative estimate of drug-likeness (QED) is 0.679. The number of aryl methyl sites for hydroxylation is 1. The Hall–Kier alpha value is -0.640. The highest BCUT2D eigenvalue weighted by Crippen LogP contribution is 2.17. The molecule has 12 heavy (non-hydrogen) atoms. The van der Waals surface area contributed by atoms with Crippen molar-refractivity contribution in [3.8, 4) is 0 Å². The van der Waals surface area contributed by atoms with Gasteiger partial charge in [0.2, 0.25) is 0 Å². The van der Waals surface area contributed by atoms with Crippen LogP contribution in [-0.2, 0) is 0 Å². The molecular weight excluding hydrogens is 176 g/mol. The molecule has 1 rings (SSSR count). The van der Waals surface area contributed by atoms with Gasteiger partial charge in [0.15, 0.2) is 0 Å². The van der Waals surface area contributed by atoms with E-state index < -0.39 is 6.10 Å². The number of nitrogens with two attached hydrogens (primary N) is 1. The number of nitrogens with zero attached hydrogens (tertiary/aromatic N) is 1. The first-order valence-corrected chi connectivity index (χ1v) is 4.03. The van der Waals surface area contributed by atoms with E-state index in [1.54, 1.807) is 6.07 Å². The van der Waals surface area contributed by atoms with Crippen molar-refractivity contribution in [2.24, 2.45) is 5.73 Å². The first-order chi connectivity index (χ1) is 5.65. The second-order valence-electron chi connectivity index (χ2n) is 2.63. The van der Waals surface area contributed by atoms with Crippen LogP contribution in [0.3, 0.4) is 0 Å². The molecule has 0 aromatic carbocycles. The van der Waals surface area contributed by atoms with Crippen LogP contribution in [0.4, 0.5) is 0 Å². The van der Waals surface area contributed by atoms with Crippen LogP contribution in [0.2, 0.25) is 5.15 Å². The summed E-state index contributed by atoms with van der Waals surface area (Å²) in [7, 11) is 0. The number of aliphatic hydroxyl groups excluding tert-OH is 1. The largest absolute Gasteiger partial charge is 0.387 e. The van der Waals surface area contributed by atoms with Gasteiger partial charge in [-0.15, -0.1) is 0 Å². The zero-order chi connectivity index (χ0) is 9.14. The van der Waals surface area contributed by atoms with E-state index in [-0.39, 0.29) is 6.54 Å². The summed E-state index contributed by atoms with van der Waals surface area (Å²) in [5.41, 5.74) is 6.84. The van der Waals surface area contributed by atoms with Gasteiger partial charge in [-0.1, -0.05) is 11.6 Å². The molecule has 0 unspecified atom stereocenters. The average Bonchev–Trinajstić information content (AvgIpc) is 2.08. The Bertz CT molecular complexity index is 278. The highest BCUT2D eigenvalue weighted by Gasteiger charge is 2.06. The molecular formula is C8H11ClN2O. The second-order valence-corrected chi connectivity index (χ2v) is 2.99. The molecule has 3 N–H and O–H groups in total. The molecule has 0 saturated carbocycles. The van der Waals surface area contributed by atoms with Crippen LogP contribution >= 0.6 is 11.6 Å². The van der Waals surface area contributed by atoms with Crippen LogP contribution in [0.25, 0.3) is 0 Å². The molecule has 66 valence electrons. The lowest BCUT2D eigenvalue weighted by Gasteiger charge is -2.08. The molecule has 0 aliphatic heterocycles. The first kappa shape index (κ1) is 9.45. The lowest BCUT2D eigenvalue weighted by molar-refractivity contribution is 0.186. The number of hydrogen-bond donors (Lipinski definition) is 2. The molecule has 0 aliphatic rings. The van der Waals surface area contributed by atoms with Crippen LogP contribution in [0.15, 0.2) is 12.3 Å². The molecule has 3 nitrogen and oxygen atoms in total. The van der Waals surface area contributed by atoms with Gasteiger partial charge in [0, 0.05) is 18.3 Å². The van der Waals surface area contributed by atoms with Crippen LogP contribution < -0.4 is 5.73 Å². The number of rotatable bonds is 2. The zero-order valence-electron chi connectivity index (χ0n) is 6.79. The maximum Gasteiger partial charge on any atom is 0.131 e. The van der Waals surface area contributed by atoms with Crippen molar-refractivity contribution in [2.75, 3.05) is 6.54 Å². The smallest absolute Gasteiger partial charge is 0.131 e. The highest BCUT2D eigenvalue weighted by molar-refractivity contribution is 6.30. The molecule has 0 bridgehead atoms. The van der Waals surface area contributed by atoms with Gasteiger partial charge in [0.05, 0.1) is 6.10 Å². The first-order valence-electron chi connectivity index (χ1n) is 3.65. The van der Waals surface area contributed by atoms with E-state index >= 15 is 0 Å². The van der Waals surface area contributed by atoms with Crippen molar-refractivity contribution >= 4 is 11.6 Å². The minimum Gasteiger partial charge on any atom is -0.387 e. The van der Waals surface area contributed by atoms with E-state index in [2.05, 4.69) is 4.98 Å². The van der Waals surface area contributed by atoms with Crippen molar-refractivity contribution in [2.45, 2.75) is 13.0 Å². The van der Waals surface area contributed by atoms with Gasteiger partial charge in [-0.3, -0.25) is 0 Å². The maximum atomic E-state index is 9.34. The second kappa shape index (κ2) is 3.85. The van der Waals surface area contributed by atoms with Crippen molar-refractivity contribution < 1.29 is 5.11 Å². The summed E-state index contributed by atoms with van der Waals surface area (Å²) in [4.78, 5) is 3.90. The monoisotopic (exact) mass is 186 g/mol. The van der Waals surface area contributed by atoms with Crippen molar-refractivity contribution in [1.82, 2.24) is 4.98 Å². The van der Waals surface area contributed by atoms with E-state index in [1.165, 1.54) is 6.20 Å². The number of aliphatic hydroxyl groups is 1. The standard InChI is InChI=1S/C8H11ClN2O/c1-5-2-6(7(12)3-10)4-11-8(5)9/h2,4,7,12H,3,10H2,1H3/t7-/m1/s1. The Morgan fingerprint density at radius 1 is 1.75 bits per heavy atom. The normalized spacial score (nSPS) is 13.0. The molecule has 1 aromatic rings. The summed E-state index contributed by atoms with van der Waals surface area (Å²) in [6.07, 6.45) is 0.890. The average molecular weight is 187 g/mol. The zero-order valence-corrected chi connectivity index (χ0v) is 7.54. The highest BCUT2D eigenvalue weighted by atomic mass is 35.5. The minimum absolute atomic E-state index is 0.197. The summed E-state index contributed by atoms with van der Waals surface area (Å²) in [6.45, 7) is 2.03. The van der Waals surface area contributed by atoms with E-state index in [0.29, 0.717) is 10.7 Å². The fourth-order valence-corrected chi connectivity index (χ4v) is 1.00.